The van der Waals surface area contributed by atoms with E-state index in [1.54, 1.807) is 18.2 Å². The van der Waals surface area contributed by atoms with Crippen molar-refractivity contribution < 1.29 is 23.8 Å². The van der Waals surface area contributed by atoms with Gasteiger partial charge in [0.25, 0.3) is 0 Å². The molecule has 148 valence electrons. The van der Waals surface area contributed by atoms with Crippen LogP contribution >= 0.6 is 0 Å². The topological polar surface area (TPSA) is 98.2 Å². The van der Waals surface area contributed by atoms with Crippen molar-refractivity contribution in [3.05, 3.63) is 47.0 Å². The van der Waals surface area contributed by atoms with Gasteiger partial charge in [-0.15, -0.1) is 0 Å². The number of hydrogen-bond acceptors (Lipinski definition) is 6. The zero-order valence-electron chi connectivity index (χ0n) is 16.5. The zero-order chi connectivity index (χ0) is 20.7. The van der Waals surface area contributed by atoms with Crippen molar-refractivity contribution in [3.8, 4) is 17.2 Å². The van der Waals surface area contributed by atoms with Crippen molar-refractivity contribution in [1.29, 1.82) is 0 Å². The Hall–Kier alpha value is -3.55. The molecule has 0 fully saturated rings. The number of hydrogen-bond donors (Lipinski definition) is 2. The number of carbonyl (C=O) groups is 2. The third kappa shape index (κ3) is 5.00. The summed E-state index contributed by atoms with van der Waals surface area (Å²) in [5.41, 5.74) is 5.28. The number of carbonyl (C=O) groups excluding carboxylic acids is 2. The van der Waals surface area contributed by atoms with E-state index in [-0.39, 0.29) is 0 Å². The van der Waals surface area contributed by atoms with Gasteiger partial charge in [0.15, 0.2) is 11.5 Å². The fourth-order valence-corrected chi connectivity index (χ4v) is 2.53. The van der Waals surface area contributed by atoms with Gasteiger partial charge in [0, 0.05) is 11.3 Å². The molecule has 0 aliphatic heterocycles. The second-order valence-corrected chi connectivity index (χ2v) is 5.93. The molecule has 0 saturated carbocycles. The second-order valence-electron chi connectivity index (χ2n) is 5.93. The minimum Gasteiger partial charge on any atom is -0.493 e. The molecule has 8 nitrogen and oxygen atoms in total. The van der Waals surface area contributed by atoms with Crippen LogP contribution in [0.3, 0.4) is 0 Å². The molecule has 0 heterocycles. The number of nitrogens with zero attached hydrogens (tertiary/aromatic N) is 1. The summed E-state index contributed by atoms with van der Waals surface area (Å²) in [6.45, 7) is 3.80. The minimum atomic E-state index is -0.885. The lowest BCUT2D eigenvalue weighted by molar-refractivity contribution is -0.136. The molecule has 2 N–H and O–H groups in total. The molecule has 28 heavy (non-hydrogen) atoms. The Labute approximate surface area is 163 Å². The van der Waals surface area contributed by atoms with Crippen LogP contribution in [0.15, 0.2) is 35.4 Å². The number of nitrogens with one attached hydrogen (secondary N) is 2. The maximum atomic E-state index is 12.0. The summed E-state index contributed by atoms with van der Waals surface area (Å²) in [7, 11) is 4.50. The standard InChI is InChI=1S/C20H23N3O5/c1-12-6-7-15(13(2)8-12)22-19(24)20(25)23-21-11-14-9-16(26-3)18(28-5)17(10-14)27-4/h6-11H,1-5H3,(H,22,24)(H,23,25)/b21-11-. The molecule has 2 amide bonds. The molecule has 8 heteroatoms. The quantitative estimate of drug-likeness (QED) is 0.452. The Morgan fingerprint density at radius 3 is 2.11 bits per heavy atom. The molecule has 2 aromatic rings. The van der Waals surface area contributed by atoms with Gasteiger partial charge >= 0.3 is 11.8 Å². The Morgan fingerprint density at radius 1 is 0.929 bits per heavy atom. The van der Waals surface area contributed by atoms with Gasteiger partial charge in [0.05, 0.1) is 27.5 Å². The summed E-state index contributed by atoms with van der Waals surface area (Å²) in [6, 6.07) is 8.83. The normalized spacial score (nSPS) is 10.5. The fourth-order valence-electron chi connectivity index (χ4n) is 2.53. The molecule has 2 rings (SSSR count). The lowest BCUT2D eigenvalue weighted by atomic mass is 10.1. The van der Waals surface area contributed by atoms with E-state index in [4.69, 9.17) is 14.2 Å². The summed E-state index contributed by atoms with van der Waals surface area (Å²) < 4.78 is 15.7. The number of amides is 2. The van der Waals surface area contributed by atoms with Gasteiger partial charge in [0.2, 0.25) is 5.75 Å². The first-order chi connectivity index (χ1) is 13.4. The monoisotopic (exact) mass is 385 g/mol. The third-order valence-corrected chi connectivity index (χ3v) is 3.90. The molecule has 0 bridgehead atoms. The van der Waals surface area contributed by atoms with Crippen LogP contribution in [0.25, 0.3) is 0 Å². The van der Waals surface area contributed by atoms with Crippen LogP contribution < -0.4 is 25.0 Å². The summed E-state index contributed by atoms with van der Waals surface area (Å²) >= 11 is 0. The first kappa shape index (κ1) is 20.8. The summed E-state index contributed by atoms with van der Waals surface area (Å²) in [4.78, 5) is 24.0. The molecule has 0 unspecified atom stereocenters. The van der Waals surface area contributed by atoms with E-state index in [1.165, 1.54) is 27.5 Å². The van der Waals surface area contributed by atoms with Crippen LogP contribution in [0.4, 0.5) is 5.69 Å². The van der Waals surface area contributed by atoms with Gasteiger partial charge in [-0.05, 0) is 37.6 Å². The van der Waals surface area contributed by atoms with E-state index < -0.39 is 11.8 Å². The summed E-state index contributed by atoms with van der Waals surface area (Å²) in [5.74, 6) is -0.360. The predicted molar refractivity (Wildman–Crippen MR) is 106 cm³/mol. The van der Waals surface area contributed by atoms with Gasteiger partial charge in [-0.25, -0.2) is 5.43 Å². The van der Waals surface area contributed by atoms with Crippen molar-refractivity contribution in [2.75, 3.05) is 26.6 Å². The first-order valence-electron chi connectivity index (χ1n) is 8.41. The predicted octanol–water partition coefficient (Wildman–Crippen LogP) is 2.42. The lowest BCUT2D eigenvalue weighted by Crippen LogP contribution is -2.32. The summed E-state index contributed by atoms with van der Waals surface area (Å²) in [6.07, 6.45) is 1.37. The number of aryl methyl sites for hydroxylation is 2. The third-order valence-electron chi connectivity index (χ3n) is 3.90. The second kappa shape index (κ2) is 9.40. The number of rotatable bonds is 6. The van der Waals surface area contributed by atoms with Crippen molar-refractivity contribution in [2.24, 2.45) is 5.10 Å². The van der Waals surface area contributed by atoms with Gasteiger partial charge in [-0.2, -0.15) is 5.10 Å². The smallest absolute Gasteiger partial charge is 0.329 e. The highest BCUT2D eigenvalue weighted by Crippen LogP contribution is 2.37. The maximum Gasteiger partial charge on any atom is 0.329 e. The molecule has 2 aromatic carbocycles. The number of hydrazone groups is 1. The van der Waals surface area contributed by atoms with E-state index in [1.807, 2.05) is 26.0 Å². The molecule has 0 saturated heterocycles. The van der Waals surface area contributed by atoms with Crippen molar-refractivity contribution in [3.63, 3.8) is 0 Å². The Morgan fingerprint density at radius 2 is 1.57 bits per heavy atom. The molecule has 0 radical (unpaired) electrons. The highest BCUT2D eigenvalue weighted by Gasteiger charge is 2.15. The van der Waals surface area contributed by atoms with Crippen molar-refractivity contribution in [2.45, 2.75) is 13.8 Å². The van der Waals surface area contributed by atoms with Crippen LogP contribution in [-0.2, 0) is 9.59 Å². The Bertz CT molecular complexity index is 884. The van der Waals surface area contributed by atoms with Crippen molar-refractivity contribution in [1.82, 2.24) is 5.43 Å². The molecular formula is C20H23N3O5. The minimum absolute atomic E-state index is 0.444. The van der Waals surface area contributed by atoms with E-state index in [9.17, 15) is 9.59 Å². The highest BCUT2D eigenvalue weighted by atomic mass is 16.5. The molecular weight excluding hydrogens is 362 g/mol. The van der Waals surface area contributed by atoms with Gasteiger partial charge in [-0.3, -0.25) is 9.59 Å². The molecule has 0 aliphatic carbocycles. The van der Waals surface area contributed by atoms with Crippen LogP contribution in [0.1, 0.15) is 16.7 Å². The Kier molecular flexibility index (Phi) is 6.97. The molecule has 0 aliphatic rings. The van der Waals surface area contributed by atoms with Crippen molar-refractivity contribution >= 4 is 23.7 Å². The van der Waals surface area contributed by atoms with Crippen LogP contribution in [0.5, 0.6) is 17.2 Å². The Balaban J connectivity index is 2.05. The fraction of sp³-hybridized carbons (Fsp3) is 0.250. The van der Waals surface area contributed by atoms with Crippen LogP contribution in [0.2, 0.25) is 0 Å². The van der Waals surface area contributed by atoms with E-state index in [2.05, 4.69) is 15.8 Å². The van der Waals surface area contributed by atoms with E-state index >= 15 is 0 Å². The SMILES string of the molecule is COc1cc(/C=N\NC(=O)C(=O)Nc2ccc(C)cc2C)cc(OC)c1OC. The van der Waals surface area contributed by atoms with Gasteiger partial charge in [-0.1, -0.05) is 17.7 Å². The number of anilines is 1. The molecule has 0 atom stereocenters. The summed E-state index contributed by atoms with van der Waals surface area (Å²) in [5, 5.41) is 6.37. The highest BCUT2D eigenvalue weighted by molar-refractivity contribution is 6.39. The zero-order valence-corrected chi connectivity index (χ0v) is 16.5. The number of benzene rings is 2. The van der Waals surface area contributed by atoms with Crippen LogP contribution in [0, 0.1) is 13.8 Å². The van der Waals surface area contributed by atoms with Crippen LogP contribution in [-0.4, -0.2) is 39.4 Å². The molecule has 0 spiro atoms. The first-order valence-corrected chi connectivity index (χ1v) is 8.41. The average Bonchev–Trinajstić information content (AvgIpc) is 2.68. The lowest BCUT2D eigenvalue weighted by Gasteiger charge is -2.12. The van der Waals surface area contributed by atoms with Gasteiger partial charge < -0.3 is 19.5 Å². The van der Waals surface area contributed by atoms with Gasteiger partial charge in [0.1, 0.15) is 0 Å². The number of ether oxygens (including phenoxy) is 3. The van der Waals surface area contributed by atoms with E-state index in [0.29, 0.717) is 28.5 Å². The maximum absolute atomic E-state index is 12.0. The average molecular weight is 385 g/mol. The molecule has 0 aromatic heterocycles. The number of methoxy groups -OCH3 is 3. The van der Waals surface area contributed by atoms with E-state index in [0.717, 1.165) is 11.1 Å². The largest absolute Gasteiger partial charge is 0.493 e.